The van der Waals surface area contributed by atoms with Gasteiger partial charge < -0.3 is 9.80 Å². The maximum absolute atomic E-state index is 13.2. The van der Waals surface area contributed by atoms with E-state index in [-0.39, 0.29) is 37.0 Å². The van der Waals surface area contributed by atoms with E-state index >= 15 is 0 Å². The normalized spacial score (nSPS) is 27.9. The summed E-state index contributed by atoms with van der Waals surface area (Å²) >= 11 is 0. The third-order valence-corrected chi connectivity index (χ3v) is 5.96. The number of rotatable bonds is 3. The van der Waals surface area contributed by atoms with Crippen LogP contribution in [0.15, 0.2) is 30.4 Å². The minimum atomic E-state index is -0.374. The molecule has 3 heterocycles. The second-order valence-electron chi connectivity index (χ2n) is 8.28. The van der Waals surface area contributed by atoms with Crippen molar-refractivity contribution in [2.45, 2.75) is 45.7 Å². The topological polar surface area (TPSA) is 59.1 Å². The van der Waals surface area contributed by atoms with Gasteiger partial charge in [0.1, 0.15) is 18.5 Å². The number of nitrogens with zero attached hydrogens (tertiary/aromatic N) is 4. The fourth-order valence-corrected chi connectivity index (χ4v) is 4.71. The number of anilines is 1. The second kappa shape index (κ2) is 6.90. The summed E-state index contributed by atoms with van der Waals surface area (Å²) in [4.78, 5) is 33.6. The van der Waals surface area contributed by atoms with Gasteiger partial charge in [0, 0.05) is 25.8 Å². The quantitative estimate of drug-likeness (QED) is 0.808. The number of carbonyl (C=O) groups is 2. The second-order valence-corrected chi connectivity index (χ2v) is 8.28. The molecule has 0 bridgehead atoms. The summed E-state index contributed by atoms with van der Waals surface area (Å²) in [5.41, 5.74) is 4.43. The van der Waals surface area contributed by atoms with Crippen molar-refractivity contribution in [1.29, 1.82) is 0 Å². The van der Waals surface area contributed by atoms with E-state index in [0.29, 0.717) is 0 Å². The fourth-order valence-electron chi connectivity index (χ4n) is 4.71. The van der Waals surface area contributed by atoms with Gasteiger partial charge in [0.05, 0.1) is 6.54 Å². The number of carbonyl (C=O) groups excluding carboxylic acids is 2. The number of aryl methyl sites for hydroxylation is 2. The van der Waals surface area contributed by atoms with E-state index in [1.54, 1.807) is 11.9 Å². The molecular weight excluding hydrogens is 354 g/mol. The third kappa shape index (κ3) is 2.89. The Labute approximate surface area is 166 Å². The number of fused-ring (bicyclic) bond motifs is 3. The van der Waals surface area contributed by atoms with Gasteiger partial charge >= 0.3 is 6.03 Å². The molecule has 0 aromatic heterocycles. The zero-order valence-electron chi connectivity index (χ0n) is 17.1. The molecule has 28 heavy (non-hydrogen) atoms. The van der Waals surface area contributed by atoms with Gasteiger partial charge in [-0.3, -0.25) is 19.9 Å². The molecule has 0 radical (unpaired) electrons. The lowest BCUT2D eigenvalue weighted by atomic mass is 10.1. The van der Waals surface area contributed by atoms with Crippen molar-refractivity contribution in [3.05, 3.63) is 41.5 Å². The Bertz CT molecular complexity index is 838. The van der Waals surface area contributed by atoms with Crippen molar-refractivity contribution in [3.8, 4) is 0 Å². The summed E-state index contributed by atoms with van der Waals surface area (Å²) in [6, 6.07) is 5.83. The van der Waals surface area contributed by atoms with E-state index in [1.807, 2.05) is 6.92 Å². The van der Waals surface area contributed by atoms with E-state index in [1.165, 1.54) is 21.7 Å². The molecule has 3 fully saturated rings. The lowest BCUT2D eigenvalue weighted by molar-refractivity contribution is -0.138. The summed E-state index contributed by atoms with van der Waals surface area (Å²) in [6.07, 6.45) is 0.548. The molecule has 0 saturated carbocycles. The van der Waals surface area contributed by atoms with Crippen LogP contribution in [0.4, 0.5) is 10.5 Å². The average Bonchev–Trinajstić information content (AvgIpc) is 3.03. The number of urea groups is 1. The van der Waals surface area contributed by atoms with Crippen LogP contribution in [0.1, 0.15) is 24.5 Å². The van der Waals surface area contributed by atoms with Crippen LogP contribution in [0, 0.1) is 13.8 Å². The Morgan fingerprint density at radius 2 is 2.00 bits per heavy atom. The summed E-state index contributed by atoms with van der Waals surface area (Å²) < 4.78 is 0. The minimum Gasteiger partial charge on any atom is -0.343 e. The van der Waals surface area contributed by atoms with Gasteiger partial charge in [0.25, 0.3) is 5.91 Å². The zero-order valence-corrected chi connectivity index (χ0v) is 17.1. The van der Waals surface area contributed by atoms with Crippen molar-refractivity contribution in [2.24, 2.45) is 0 Å². The van der Waals surface area contributed by atoms with E-state index in [4.69, 9.17) is 0 Å². The van der Waals surface area contributed by atoms with Gasteiger partial charge in [0.15, 0.2) is 0 Å². The monoisotopic (exact) mass is 383 g/mol. The van der Waals surface area contributed by atoms with Crippen LogP contribution in [0.2, 0.25) is 0 Å². The van der Waals surface area contributed by atoms with Crippen LogP contribution in [0.3, 0.4) is 0 Å². The van der Waals surface area contributed by atoms with Crippen LogP contribution >= 0.6 is 0 Å². The van der Waals surface area contributed by atoms with Crippen molar-refractivity contribution in [2.75, 3.05) is 31.6 Å². The summed E-state index contributed by atoms with van der Waals surface area (Å²) in [5.74, 6) is -0.131. The highest BCUT2D eigenvalue weighted by molar-refractivity contribution is 6.00. The molecule has 3 saturated heterocycles. The SMILES string of the molecule is C=C(C)CN1C(=O)C2C(NC3N(c4ccc(C)cc4C)CCCN23)N(C)C1=O. The lowest BCUT2D eigenvalue weighted by Crippen LogP contribution is -2.66. The smallest absolute Gasteiger partial charge is 0.328 e. The van der Waals surface area contributed by atoms with Crippen LogP contribution < -0.4 is 10.2 Å². The molecule has 1 aromatic rings. The van der Waals surface area contributed by atoms with E-state index in [9.17, 15) is 9.59 Å². The summed E-state index contributed by atoms with van der Waals surface area (Å²) in [7, 11) is 1.77. The summed E-state index contributed by atoms with van der Waals surface area (Å²) in [6.45, 7) is 11.9. The van der Waals surface area contributed by atoms with Gasteiger partial charge in [-0.2, -0.15) is 0 Å². The molecule has 3 unspecified atom stereocenters. The minimum absolute atomic E-state index is 0.103. The van der Waals surface area contributed by atoms with Crippen LogP contribution in [-0.4, -0.2) is 71.8 Å². The number of hydrogen-bond donors (Lipinski definition) is 1. The largest absolute Gasteiger partial charge is 0.343 e. The Morgan fingerprint density at radius 1 is 1.25 bits per heavy atom. The number of benzene rings is 1. The molecule has 4 rings (SSSR count). The number of nitrogens with one attached hydrogen (secondary N) is 1. The molecule has 3 aliphatic heterocycles. The molecule has 0 spiro atoms. The first-order valence-corrected chi connectivity index (χ1v) is 9.88. The van der Waals surface area contributed by atoms with Gasteiger partial charge in [-0.05, 0) is 38.8 Å². The van der Waals surface area contributed by atoms with Crippen LogP contribution in [0.25, 0.3) is 0 Å². The number of hydrogen-bond acceptors (Lipinski definition) is 5. The van der Waals surface area contributed by atoms with Gasteiger partial charge in [-0.15, -0.1) is 0 Å². The first-order chi connectivity index (χ1) is 13.3. The molecule has 7 nitrogen and oxygen atoms in total. The standard InChI is InChI=1S/C21H29N5O2/c1-13(2)12-26-19(27)17-18(23(5)21(26)28)22-20-24(9-6-10-25(17)20)16-8-7-14(3)11-15(16)4/h7-8,11,17-18,20,22H,1,6,9-10,12H2,2-5H3. The zero-order chi connectivity index (χ0) is 20.2. The average molecular weight is 383 g/mol. The Morgan fingerprint density at radius 3 is 2.68 bits per heavy atom. The predicted molar refractivity (Wildman–Crippen MR) is 109 cm³/mol. The van der Waals surface area contributed by atoms with Crippen LogP contribution in [0.5, 0.6) is 0 Å². The molecule has 150 valence electrons. The van der Waals surface area contributed by atoms with E-state index in [2.05, 4.69) is 53.7 Å². The maximum Gasteiger partial charge on any atom is 0.328 e. The first-order valence-electron chi connectivity index (χ1n) is 9.88. The molecule has 3 amide bonds. The first kappa shape index (κ1) is 19.0. The van der Waals surface area contributed by atoms with Crippen molar-refractivity contribution < 1.29 is 9.59 Å². The number of likely N-dealkylation sites (N-methyl/N-ethyl adjacent to an activating group) is 1. The van der Waals surface area contributed by atoms with E-state index < -0.39 is 0 Å². The van der Waals surface area contributed by atoms with Gasteiger partial charge in [-0.1, -0.05) is 29.8 Å². The molecule has 7 heteroatoms. The maximum atomic E-state index is 13.2. The molecular formula is C21H29N5O2. The number of imide groups is 1. The highest BCUT2D eigenvalue weighted by Gasteiger charge is 2.56. The Balaban J connectivity index is 1.67. The highest BCUT2D eigenvalue weighted by atomic mass is 16.2. The molecule has 1 aromatic carbocycles. The Hall–Kier alpha value is -2.38. The number of amides is 3. The van der Waals surface area contributed by atoms with Crippen molar-refractivity contribution >= 4 is 17.6 Å². The van der Waals surface area contributed by atoms with Crippen molar-refractivity contribution in [1.82, 2.24) is 20.0 Å². The Kier molecular flexibility index (Phi) is 4.67. The molecule has 3 aliphatic rings. The van der Waals surface area contributed by atoms with Crippen LogP contribution in [-0.2, 0) is 4.79 Å². The van der Waals surface area contributed by atoms with E-state index in [0.717, 1.165) is 25.1 Å². The highest BCUT2D eigenvalue weighted by Crippen LogP contribution is 2.34. The summed E-state index contributed by atoms with van der Waals surface area (Å²) in [5, 5.41) is 3.56. The van der Waals surface area contributed by atoms with Gasteiger partial charge in [-0.25, -0.2) is 4.79 Å². The molecule has 0 aliphatic carbocycles. The predicted octanol–water partition coefficient (Wildman–Crippen LogP) is 1.87. The molecule has 1 N–H and O–H groups in total. The van der Waals surface area contributed by atoms with Gasteiger partial charge in [0.2, 0.25) is 0 Å². The lowest BCUT2D eigenvalue weighted by Gasteiger charge is -2.44. The fraction of sp³-hybridized carbons (Fsp3) is 0.524. The molecule has 3 atom stereocenters. The third-order valence-electron chi connectivity index (χ3n) is 5.96. The van der Waals surface area contributed by atoms with Crippen molar-refractivity contribution in [3.63, 3.8) is 0 Å².